The third kappa shape index (κ3) is 3.51. The number of pyridine rings is 1. The van der Waals surface area contributed by atoms with Gasteiger partial charge in [0, 0.05) is 17.1 Å². The van der Waals surface area contributed by atoms with Gasteiger partial charge in [0.25, 0.3) is 0 Å². The molecule has 1 aromatic rings. The van der Waals surface area contributed by atoms with Gasteiger partial charge in [0.2, 0.25) is 5.91 Å². The number of rotatable bonds is 3. The van der Waals surface area contributed by atoms with Crippen molar-refractivity contribution in [3.63, 3.8) is 0 Å². The summed E-state index contributed by atoms with van der Waals surface area (Å²) in [6.07, 6.45) is 1.57. The van der Waals surface area contributed by atoms with Crippen LogP contribution < -0.4 is 5.32 Å². The lowest BCUT2D eigenvalue weighted by Crippen LogP contribution is -2.24. The number of nitrogens with one attached hydrogen (secondary N) is 1. The van der Waals surface area contributed by atoms with Crippen LogP contribution in [0.4, 0.5) is 5.82 Å². The van der Waals surface area contributed by atoms with E-state index in [1.165, 1.54) is 0 Å². The molecular weight excluding hydrogens is 212 g/mol. The van der Waals surface area contributed by atoms with Gasteiger partial charge in [0.05, 0.1) is 0 Å². The highest BCUT2D eigenvalue weighted by molar-refractivity contribution is 6.30. The Kier molecular flexibility index (Phi) is 4.09. The van der Waals surface area contributed by atoms with Gasteiger partial charge in [0.1, 0.15) is 5.82 Å². The molecule has 4 heteroatoms. The van der Waals surface area contributed by atoms with Crippen LogP contribution in [0.15, 0.2) is 18.3 Å². The van der Waals surface area contributed by atoms with E-state index >= 15 is 0 Å². The maximum Gasteiger partial charge on any atom is 0.228 e. The Labute approximate surface area is 94.9 Å². The molecule has 0 saturated carbocycles. The highest BCUT2D eigenvalue weighted by atomic mass is 35.5. The molecule has 1 rings (SSSR count). The average Bonchev–Trinajstić information content (AvgIpc) is 2.16. The third-order valence-corrected chi connectivity index (χ3v) is 2.62. The van der Waals surface area contributed by atoms with Crippen molar-refractivity contribution >= 4 is 23.3 Å². The highest BCUT2D eigenvalue weighted by Gasteiger charge is 2.16. The van der Waals surface area contributed by atoms with Gasteiger partial charge in [-0.2, -0.15) is 0 Å². The molecule has 0 radical (unpaired) electrons. The Balaban J connectivity index is 2.66. The Morgan fingerprint density at radius 3 is 2.67 bits per heavy atom. The molecule has 0 aromatic carbocycles. The summed E-state index contributed by atoms with van der Waals surface area (Å²) in [7, 11) is 0. The van der Waals surface area contributed by atoms with E-state index in [0.29, 0.717) is 16.8 Å². The van der Waals surface area contributed by atoms with Gasteiger partial charge in [-0.25, -0.2) is 4.98 Å². The molecule has 15 heavy (non-hydrogen) atoms. The minimum Gasteiger partial charge on any atom is -0.310 e. The molecule has 0 aliphatic carbocycles. The monoisotopic (exact) mass is 226 g/mol. The molecule has 0 saturated heterocycles. The van der Waals surface area contributed by atoms with Crippen molar-refractivity contribution in [2.24, 2.45) is 11.8 Å². The van der Waals surface area contributed by atoms with Crippen molar-refractivity contribution in [1.82, 2.24) is 4.98 Å². The van der Waals surface area contributed by atoms with E-state index in [1.54, 1.807) is 18.3 Å². The first kappa shape index (κ1) is 12.0. The number of amides is 1. The molecule has 0 aliphatic rings. The number of carbonyl (C=O) groups excluding carboxylic acids is 1. The van der Waals surface area contributed by atoms with Crippen LogP contribution in [0.1, 0.15) is 20.8 Å². The van der Waals surface area contributed by atoms with Gasteiger partial charge in [-0.1, -0.05) is 32.4 Å². The van der Waals surface area contributed by atoms with Crippen molar-refractivity contribution in [3.05, 3.63) is 23.4 Å². The largest absolute Gasteiger partial charge is 0.310 e. The smallest absolute Gasteiger partial charge is 0.228 e. The molecule has 3 nitrogen and oxygen atoms in total. The first-order valence-corrected chi connectivity index (χ1v) is 5.31. The number of aromatic nitrogens is 1. The van der Waals surface area contributed by atoms with Crippen LogP contribution in [0.2, 0.25) is 5.02 Å². The van der Waals surface area contributed by atoms with Gasteiger partial charge in [-0.05, 0) is 18.1 Å². The van der Waals surface area contributed by atoms with E-state index < -0.39 is 0 Å². The molecule has 1 N–H and O–H groups in total. The molecule has 0 aliphatic heterocycles. The van der Waals surface area contributed by atoms with Crippen molar-refractivity contribution in [3.8, 4) is 0 Å². The lowest BCUT2D eigenvalue weighted by Gasteiger charge is -2.14. The van der Waals surface area contributed by atoms with E-state index in [1.807, 2.05) is 20.8 Å². The highest BCUT2D eigenvalue weighted by Crippen LogP contribution is 2.15. The summed E-state index contributed by atoms with van der Waals surface area (Å²) in [4.78, 5) is 15.7. The number of anilines is 1. The van der Waals surface area contributed by atoms with Crippen molar-refractivity contribution in [1.29, 1.82) is 0 Å². The predicted octanol–water partition coefficient (Wildman–Crippen LogP) is 2.97. The first-order valence-electron chi connectivity index (χ1n) is 4.93. The fourth-order valence-electron chi connectivity index (χ4n) is 1.02. The molecule has 1 atom stereocenters. The summed E-state index contributed by atoms with van der Waals surface area (Å²) < 4.78 is 0. The van der Waals surface area contributed by atoms with Gasteiger partial charge in [0.15, 0.2) is 0 Å². The molecule has 82 valence electrons. The number of hydrogen-bond acceptors (Lipinski definition) is 2. The minimum absolute atomic E-state index is 0.0280. The Bertz CT molecular complexity index is 352. The second-order valence-electron chi connectivity index (χ2n) is 3.88. The quantitative estimate of drug-likeness (QED) is 0.861. The van der Waals surface area contributed by atoms with Crippen molar-refractivity contribution in [2.75, 3.05) is 5.32 Å². The Hall–Kier alpha value is -1.09. The average molecular weight is 227 g/mol. The van der Waals surface area contributed by atoms with Crippen LogP contribution in [0.3, 0.4) is 0 Å². The standard InChI is InChI=1S/C11H15ClN2O/c1-7(2)8(3)11(15)14-10-6-9(12)4-5-13-10/h4-8H,1-3H3,(H,13,14,15). The zero-order valence-electron chi connectivity index (χ0n) is 9.12. The van der Waals surface area contributed by atoms with Gasteiger partial charge >= 0.3 is 0 Å². The second-order valence-corrected chi connectivity index (χ2v) is 4.32. The number of carbonyl (C=O) groups is 1. The molecule has 0 bridgehead atoms. The number of halogens is 1. The van der Waals surface area contributed by atoms with E-state index in [2.05, 4.69) is 10.3 Å². The topological polar surface area (TPSA) is 42.0 Å². The van der Waals surface area contributed by atoms with E-state index in [0.717, 1.165) is 0 Å². The summed E-state index contributed by atoms with van der Waals surface area (Å²) in [5.74, 6) is 0.745. The fraction of sp³-hybridized carbons (Fsp3) is 0.455. The second kappa shape index (κ2) is 5.12. The van der Waals surface area contributed by atoms with Crippen LogP contribution >= 0.6 is 11.6 Å². The number of hydrogen-bond donors (Lipinski definition) is 1. The van der Waals surface area contributed by atoms with Gasteiger partial charge < -0.3 is 5.32 Å². The molecule has 1 heterocycles. The lowest BCUT2D eigenvalue weighted by atomic mass is 9.97. The molecule has 1 unspecified atom stereocenters. The summed E-state index contributed by atoms with van der Waals surface area (Å²) in [6, 6.07) is 3.30. The summed E-state index contributed by atoms with van der Waals surface area (Å²) in [6.45, 7) is 5.91. The molecule has 1 aromatic heterocycles. The molecular formula is C11H15ClN2O. The lowest BCUT2D eigenvalue weighted by molar-refractivity contribution is -0.120. The predicted molar refractivity (Wildman–Crippen MR) is 61.9 cm³/mol. The first-order chi connectivity index (χ1) is 7.00. The summed E-state index contributed by atoms with van der Waals surface area (Å²) in [5, 5.41) is 3.30. The molecule has 0 fully saturated rings. The fourth-order valence-corrected chi connectivity index (χ4v) is 1.18. The third-order valence-electron chi connectivity index (χ3n) is 2.39. The van der Waals surface area contributed by atoms with Crippen molar-refractivity contribution < 1.29 is 4.79 Å². The normalized spacial score (nSPS) is 12.6. The summed E-state index contributed by atoms with van der Waals surface area (Å²) >= 11 is 5.78. The molecule has 0 spiro atoms. The number of nitrogens with zero attached hydrogens (tertiary/aromatic N) is 1. The van der Waals surface area contributed by atoms with Crippen LogP contribution in [0.5, 0.6) is 0 Å². The van der Waals surface area contributed by atoms with E-state index in [4.69, 9.17) is 11.6 Å². The van der Waals surface area contributed by atoms with Crippen LogP contribution in [-0.2, 0) is 4.79 Å². The Morgan fingerprint density at radius 1 is 1.47 bits per heavy atom. The Morgan fingerprint density at radius 2 is 2.13 bits per heavy atom. The maximum atomic E-state index is 11.7. The maximum absolute atomic E-state index is 11.7. The van der Waals surface area contributed by atoms with Crippen LogP contribution in [-0.4, -0.2) is 10.9 Å². The van der Waals surface area contributed by atoms with Crippen LogP contribution in [0, 0.1) is 11.8 Å². The van der Waals surface area contributed by atoms with E-state index in [9.17, 15) is 4.79 Å². The molecule has 1 amide bonds. The minimum atomic E-state index is -0.0363. The van der Waals surface area contributed by atoms with Gasteiger partial charge in [-0.3, -0.25) is 4.79 Å². The zero-order chi connectivity index (χ0) is 11.4. The zero-order valence-corrected chi connectivity index (χ0v) is 9.88. The van der Waals surface area contributed by atoms with Crippen molar-refractivity contribution in [2.45, 2.75) is 20.8 Å². The van der Waals surface area contributed by atoms with E-state index in [-0.39, 0.29) is 11.8 Å². The van der Waals surface area contributed by atoms with Crippen LogP contribution in [0.25, 0.3) is 0 Å². The summed E-state index contributed by atoms with van der Waals surface area (Å²) in [5.41, 5.74) is 0. The SMILES string of the molecule is CC(C)C(C)C(=O)Nc1cc(Cl)ccn1. The van der Waals surface area contributed by atoms with Gasteiger partial charge in [-0.15, -0.1) is 0 Å².